The largest absolute Gasteiger partial charge is 0.310 e. The number of allylic oxidation sites excluding steroid dienone is 8. The Kier molecular flexibility index (Phi) is 6.92. The van der Waals surface area contributed by atoms with Crippen molar-refractivity contribution in [1.82, 2.24) is 4.57 Å². The van der Waals surface area contributed by atoms with Crippen molar-refractivity contribution in [1.29, 1.82) is 0 Å². The first-order valence-corrected chi connectivity index (χ1v) is 17.2. The summed E-state index contributed by atoms with van der Waals surface area (Å²) in [5.74, 6) is 0. The quantitative estimate of drug-likeness (QED) is 0.166. The molecule has 2 aromatic heterocycles. The molecule has 0 fully saturated rings. The Balaban J connectivity index is 1.30. The molecule has 0 radical (unpaired) electrons. The molecule has 228 valence electrons. The summed E-state index contributed by atoms with van der Waals surface area (Å²) in [7, 11) is 0. The Morgan fingerprint density at radius 2 is 1.50 bits per heavy atom. The fourth-order valence-electron chi connectivity index (χ4n) is 7.14. The van der Waals surface area contributed by atoms with Crippen LogP contribution in [0.5, 0.6) is 0 Å². The molecule has 8 aromatic rings. The number of fused-ring (bicyclic) bond motifs is 8. The van der Waals surface area contributed by atoms with E-state index in [4.69, 9.17) is 0 Å². The minimum absolute atomic E-state index is 0.900. The van der Waals surface area contributed by atoms with Gasteiger partial charge in [-0.05, 0) is 72.0 Å². The molecule has 0 bridgehead atoms. The monoisotopic (exact) mass is 632 g/mol. The molecular weight excluding hydrogens is 601 g/mol. The minimum atomic E-state index is 0.900. The second-order valence-electron chi connectivity index (χ2n) is 12.2. The molecule has 0 unspecified atom stereocenters. The summed E-state index contributed by atoms with van der Waals surface area (Å²) in [6, 6.07) is 46.1. The van der Waals surface area contributed by atoms with E-state index in [1.54, 1.807) is 0 Å². The summed E-state index contributed by atoms with van der Waals surface area (Å²) in [6.07, 6.45) is 15.9. The van der Waals surface area contributed by atoms with E-state index >= 15 is 0 Å². The Hall–Kier alpha value is -5.90. The van der Waals surface area contributed by atoms with Crippen LogP contribution < -0.4 is 4.90 Å². The van der Waals surface area contributed by atoms with Crippen molar-refractivity contribution in [3.05, 3.63) is 188 Å². The molecule has 0 saturated carbocycles. The molecule has 0 N–H and O–H groups in total. The molecular formula is C45H32N2S. The zero-order chi connectivity index (χ0) is 32.0. The van der Waals surface area contributed by atoms with Crippen molar-refractivity contribution in [2.24, 2.45) is 0 Å². The van der Waals surface area contributed by atoms with Crippen LogP contribution in [0.2, 0.25) is 0 Å². The van der Waals surface area contributed by atoms with Crippen molar-refractivity contribution in [2.45, 2.75) is 6.42 Å². The Bertz CT molecular complexity index is 2660. The molecule has 9 rings (SSSR count). The summed E-state index contributed by atoms with van der Waals surface area (Å²) >= 11 is 1.89. The predicted molar refractivity (Wildman–Crippen MR) is 209 cm³/mol. The molecule has 0 spiro atoms. The van der Waals surface area contributed by atoms with E-state index < -0.39 is 0 Å². The maximum atomic E-state index is 4.65. The molecule has 48 heavy (non-hydrogen) atoms. The van der Waals surface area contributed by atoms with Gasteiger partial charge in [0.05, 0.1) is 16.7 Å². The summed E-state index contributed by atoms with van der Waals surface area (Å²) in [5, 5.41) is 7.52. The lowest BCUT2D eigenvalue weighted by Gasteiger charge is -2.27. The molecule has 2 heterocycles. The van der Waals surface area contributed by atoms with E-state index in [9.17, 15) is 0 Å². The van der Waals surface area contributed by atoms with Crippen LogP contribution in [0, 0.1) is 0 Å². The molecule has 3 heteroatoms. The van der Waals surface area contributed by atoms with Crippen LogP contribution in [0.3, 0.4) is 0 Å². The molecule has 1 aliphatic carbocycles. The van der Waals surface area contributed by atoms with Gasteiger partial charge < -0.3 is 9.47 Å². The van der Waals surface area contributed by atoms with Gasteiger partial charge in [0, 0.05) is 53.4 Å². The fourth-order valence-corrected chi connectivity index (χ4v) is 8.40. The van der Waals surface area contributed by atoms with Gasteiger partial charge in [0.25, 0.3) is 0 Å². The second-order valence-corrected chi connectivity index (χ2v) is 13.3. The number of aromatic nitrogens is 1. The normalized spacial score (nSPS) is 14.0. The first-order chi connectivity index (χ1) is 23.7. The average molecular weight is 633 g/mol. The topological polar surface area (TPSA) is 8.17 Å². The van der Waals surface area contributed by atoms with E-state index in [2.05, 4.69) is 186 Å². The van der Waals surface area contributed by atoms with Gasteiger partial charge >= 0.3 is 0 Å². The van der Waals surface area contributed by atoms with Crippen molar-refractivity contribution in [2.75, 3.05) is 4.90 Å². The van der Waals surface area contributed by atoms with Crippen molar-refractivity contribution in [3.63, 3.8) is 0 Å². The third kappa shape index (κ3) is 4.71. The molecule has 0 atom stereocenters. The number of anilines is 2. The van der Waals surface area contributed by atoms with Crippen LogP contribution in [-0.2, 0) is 0 Å². The predicted octanol–water partition coefficient (Wildman–Crippen LogP) is 13.0. The summed E-state index contributed by atoms with van der Waals surface area (Å²) < 4.78 is 5.04. The van der Waals surface area contributed by atoms with E-state index in [-0.39, 0.29) is 0 Å². The van der Waals surface area contributed by atoms with E-state index in [1.807, 2.05) is 11.3 Å². The first kappa shape index (κ1) is 28.3. The third-order valence-electron chi connectivity index (χ3n) is 9.33. The highest BCUT2D eigenvalue weighted by Gasteiger charge is 2.21. The van der Waals surface area contributed by atoms with E-state index in [0.717, 1.165) is 29.2 Å². The molecule has 0 amide bonds. The van der Waals surface area contributed by atoms with Gasteiger partial charge in [0.2, 0.25) is 0 Å². The average Bonchev–Trinajstić information content (AvgIpc) is 3.68. The van der Waals surface area contributed by atoms with Crippen molar-refractivity contribution < 1.29 is 0 Å². The van der Waals surface area contributed by atoms with Gasteiger partial charge in [-0.3, -0.25) is 0 Å². The number of rotatable bonds is 6. The zero-order valence-corrected chi connectivity index (χ0v) is 27.2. The highest BCUT2D eigenvalue weighted by molar-refractivity contribution is 7.26. The van der Waals surface area contributed by atoms with Crippen LogP contribution in [0.15, 0.2) is 188 Å². The molecule has 1 aliphatic rings. The van der Waals surface area contributed by atoms with Crippen LogP contribution in [0.25, 0.3) is 58.4 Å². The maximum absolute atomic E-state index is 4.65. The van der Waals surface area contributed by atoms with E-state index in [0.29, 0.717) is 0 Å². The van der Waals surface area contributed by atoms with Crippen molar-refractivity contribution >= 4 is 75.5 Å². The van der Waals surface area contributed by atoms with Gasteiger partial charge in [0.1, 0.15) is 0 Å². The molecule has 2 nitrogen and oxygen atoms in total. The number of nitrogens with zero attached hydrogens (tertiary/aromatic N) is 2. The SMILES string of the molecule is C=C(/C=C\C=C1\C=CC=CC1)N(c1ccc2c(c1)c1c3sc4ccccc4c3ccc1n2-c1ccccc1)c1cccc2ccccc12. The Morgan fingerprint density at radius 3 is 2.38 bits per heavy atom. The molecule has 0 saturated heterocycles. The standard InChI is InChI=1S/C45H32N2S/c1-31(14-12-17-32-15-4-2-5-16-32)46(40-24-13-19-33-18-8-9-22-36(33)40)35-26-28-41-39(30-35)44-42(47(41)34-20-6-3-7-21-34)29-27-38-37-23-10-11-25-43(37)48-45(38)44/h2-15,17-30H,1,16H2/b14-12-,32-17-. The highest BCUT2D eigenvalue weighted by atomic mass is 32.1. The number of para-hydroxylation sites is 1. The smallest absolute Gasteiger partial charge is 0.0555 e. The summed E-state index contributed by atoms with van der Waals surface area (Å²) in [4.78, 5) is 2.31. The van der Waals surface area contributed by atoms with Gasteiger partial charge in [-0.1, -0.05) is 122 Å². The van der Waals surface area contributed by atoms with Crippen molar-refractivity contribution in [3.8, 4) is 5.69 Å². The molecule has 6 aromatic carbocycles. The minimum Gasteiger partial charge on any atom is -0.310 e. The van der Waals surface area contributed by atoms with Gasteiger partial charge in [-0.15, -0.1) is 11.3 Å². The van der Waals surface area contributed by atoms with Crippen LogP contribution in [0.4, 0.5) is 11.4 Å². The molecule has 0 aliphatic heterocycles. The maximum Gasteiger partial charge on any atom is 0.0555 e. The lowest BCUT2D eigenvalue weighted by atomic mass is 10.0. The lowest BCUT2D eigenvalue weighted by molar-refractivity contribution is 1.18. The number of hydrogen-bond acceptors (Lipinski definition) is 2. The highest BCUT2D eigenvalue weighted by Crippen LogP contribution is 2.45. The van der Waals surface area contributed by atoms with Crippen LogP contribution in [-0.4, -0.2) is 4.57 Å². The van der Waals surface area contributed by atoms with Gasteiger partial charge in [-0.2, -0.15) is 0 Å². The number of benzene rings is 6. The van der Waals surface area contributed by atoms with Gasteiger partial charge in [0.15, 0.2) is 0 Å². The number of thiophene rings is 1. The second kappa shape index (κ2) is 11.7. The third-order valence-corrected chi connectivity index (χ3v) is 10.5. The fraction of sp³-hybridized carbons (Fsp3) is 0.0222. The Morgan fingerprint density at radius 1 is 0.708 bits per heavy atom. The van der Waals surface area contributed by atoms with Crippen LogP contribution >= 0.6 is 11.3 Å². The van der Waals surface area contributed by atoms with Gasteiger partial charge in [-0.25, -0.2) is 0 Å². The Labute approximate surface area is 283 Å². The summed E-state index contributed by atoms with van der Waals surface area (Å²) in [5.41, 5.74) is 7.91. The first-order valence-electron chi connectivity index (χ1n) is 16.4. The zero-order valence-electron chi connectivity index (χ0n) is 26.4. The summed E-state index contributed by atoms with van der Waals surface area (Å²) in [6.45, 7) is 4.65. The van der Waals surface area contributed by atoms with E-state index in [1.165, 1.54) is 58.3 Å². The van der Waals surface area contributed by atoms with Crippen LogP contribution in [0.1, 0.15) is 6.42 Å². The lowest BCUT2D eigenvalue weighted by Crippen LogP contribution is -2.14. The number of hydrogen-bond donors (Lipinski definition) is 0.